The van der Waals surface area contributed by atoms with Crippen LogP contribution in [0.2, 0.25) is 0 Å². The first-order valence-corrected chi connectivity index (χ1v) is 7.60. The van der Waals surface area contributed by atoms with E-state index in [-0.39, 0.29) is 11.9 Å². The third-order valence-corrected chi connectivity index (χ3v) is 3.94. The Bertz CT molecular complexity index is 873. The van der Waals surface area contributed by atoms with E-state index in [1.165, 1.54) is 0 Å². The average molecular weight is 325 g/mol. The number of amides is 1. The molecule has 1 amide bonds. The summed E-state index contributed by atoms with van der Waals surface area (Å²) in [6.45, 7) is 1.89. The van der Waals surface area contributed by atoms with Gasteiger partial charge in [0.2, 0.25) is 0 Å². The Labute approximate surface area is 139 Å². The number of hydrogen-bond acceptors (Lipinski definition) is 4. The van der Waals surface area contributed by atoms with E-state index in [0.29, 0.717) is 17.2 Å². The minimum atomic E-state index is -0.266. The highest BCUT2D eigenvalue weighted by Crippen LogP contribution is 2.29. The fraction of sp³-hybridized carbons (Fsp3) is 0.222. The van der Waals surface area contributed by atoms with Crippen LogP contribution in [0.25, 0.3) is 10.9 Å². The summed E-state index contributed by atoms with van der Waals surface area (Å²) < 4.78 is 10.6. The normalized spacial score (nSPS) is 12.0. The van der Waals surface area contributed by atoms with E-state index in [0.717, 1.165) is 16.5 Å². The van der Waals surface area contributed by atoms with E-state index in [4.69, 9.17) is 9.47 Å². The summed E-state index contributed by atoms with van der Waals surface area (Å²) in [5.41, 5.74) is 2.04. The van der Waals surface area contributed by atoms with Gasteiger partial charge in [0, 0.05) is 10.9 Å². The van der Waals surface area contributed by atoms with Crippen LogP contribution in [0.3, 0.4) is 0 Å². The maximum absolute atomic E-state index is 12.6. The van der Waals surface area contributed by atoms with Crippen LogP contribution in [0.1, 0.15) is 29.0 Å². The number of carbonyl (C=O) groups is 1. The number of para-hydroxylation sites is 1. The quantitative estimate of drug-likeness (QED) is 0.756. The number of rotatable bonds is 5. The Morgan fingerprint density at radius 2 is 1.96 bits per heavy atom. The lowest BCUT2D eigenvalue weighted by Gasteiger charge is -2.17. The van der Waals surface area contributed by atoms with E-state index < -0.39 is 0 Å². The summed E-state index contributed by atoms with van der Waals surface area (Å²) in [7, 11) is 3.20. The van der Waals surface area contributed by atoms with Crippen molar-refractivity contribution in [2.75, 3.05) is 14.2 Å². The maximum atomic E-state index is 12.6. The van der Waals surface area contributed by atoms with E-state index >= 15 is 0 Å². The Kier molecular flexibility index (Phi) is 4.37. The first-order valence-electron chi connectivity index (χ1n) is 7.60. The number of fused-ring (bicyclic) bond motifs is 1. The molecular weight excluding hydrogens is 306 g/mol. The number of benzene rings is 2. The standard InChI is InChI=1S/C18H19N3O3/c1-11(14-10-12(23-2)8-9-16(14)24-3)19-18(22)17-13-6-4-5-7-15(13)20-21-17/h4-11H,1-3H3,(H,19,22)(H,20,21). The lowest BCUT2D eigenvalue weighted by Crippen LogP contribution is -2.27. The van der Waals surface area contributed by atoms with Gasteiger partial charge in [-0.3, -0.25) is 9.89 Å². The number of methoxy groups -OCH3 is 2. The summed E-state index contributed by atoms with van der Waals surface area (Å²) in [6, 6.07) is 12.7. The van der Waals surface area contributed by atoms with Gasteiger partial charge in [-0.25, -0.2) is 0 Å². The van der Waals surface area contributed by atoms with Crippen LogP contribution in [0.5, 0.6) is 11.5 Å². The van der Waals surface area contributed by atoms with E-state index in [1.807, 2.05) is 49.4 Å². The third kappa shape index (κ3) is 2.90. The van der Waals surface area contributed by atoms with Crippen molar-refractivity contribution in [1.29, 1.82) is 0 Å². The van der Waals surface area contributed by atoms with Gasteiger partial charge in [-0.1, -0.05) is 18.2 Å². The zero-order chi connectivity index (χ0) is 17.1. The van der Waals surface area contributed by atoms with Crippen molar-refractivity contribution in [1.82, 2.24) is 15.5 Å². The van der Waals surface area contributed by atoms with Crippen molar-refractivity contribution >= 4 is 16.8 Å². The van der Waals surface area contributed by atoms with Gasteiger partial charge in [0.25, 0.3) is 5.91 Å². The van der Waals surface area contributed by atoms with Crippen LogP contribution < -0.4 is 14.8 Å². The fourth-order valence-corrected chi connectivity index (χ4v) is 2.66. The number of hydrogen-bond donors (Lipinski definition) is 2. The number of H-pyrrole nitrogens is 1. The second kappa shape index (κ2) is 6.62. The molecule has 0 bridgehead atoms. The van der Waals surface area contributed by atoms with Gasteiger partial charge in [0.1, 0.15) is 11.5 Å². The van der Waals surface area contributed by atoms with Crippen LogP contribution in [0.15, 0.2) is 42.5 Å². The molecule has 1 atom stereocenters. The Morgan fingerprint density at radius 3 is 2.71 bits per heavy atom. The molecule has 2 N–H and O–H groups in total. The van der Waals surface area contributed by atoms with Crippen molar-refractivity contribution in [3.8, 4) is 11.5 Å². The summed E-state index contributed by atoms with van der Waals surface area (Å²) in [4.78, 5) is 12.6. The monoisotopic (exact) mass is 325 g/mol. The highest BCUT2D eigenvalue weighted by atomic mass is 16.5. The second-order valence-electron chi connectivity index (χ2n) is 5.42. The molecule has 1 aromatic heterocycles. The van der Waals surface area contributed by atoms with Crippen LogP contribution >= 0.6 is 0 Å². The Morgan fingerprint density at radius 1 is 1.17 bits per heavy atom. The van der Waals surface area contributed by atoms with Crippen LogP contribution in [0, 0.1) is 0 Å². The first kappa shape index (κ1) is 15.9. The SMILES string of the molecule is COc1ccc(OC)c(C(C)NC(=O)c2n[nH]c3ccccc23)c1. The topological polar surface area (TPSA) is 76.2 Å². The number of aromatic nitrogens is 2. The molecule has 6 heteroatoms. The summed E-state index contributed by atoms with van der Waals surface area (Å²) in [6.07, 6.45) is 0. The maximum Gasteiger partial charge on any atom is 0.272 e. The molecule has 24 heavy (non-hydrogen) atoms. The van der Waals surface area contributed by atoms with Crippen molar-refractivity contribution in [2.24, 2.45) is 0 Å². The molecule has 1 unspecified atom stereocenters. The third-order valence-electron chi connectivity index (χ3n) is 3.94. The van der Waals surface area contributed by atoms with Gasteiger partial charge < -0.3 is 14.8 Å². The summed E-state index contributed by atoms with van der Waals surface area (Å²) in [5.74, 6) is 1.15. The molecule has 3 aromatic rings. The van der Waals surface area contributed by atoms with E-state index in [1.54, 1.807) is 14.2 Å². The van der Waals surface area contributed by atoms with Gasteiger partial charge in [-0.05, 0) is 31.2 Å². The van der Waals surface area contributed by atoms with Crippen molar-refractivity contribution < 1.29 is 14.3 Å². The van der Waals surface area contributed by atoms with Gasteiger partial charge in [-0.15, -0.1) is 0 Å². The Hall–Kier alpha value is -3.02. The van der Waals surface area contributed by atoms with Crippen LogP contribution in [0.4, 0.5) is 0 Å². The number of ether oxygens (including phenoxy) is 2. The Balaban J connectivity index is 1.86. The van der Waals surface area contributed by atoms with Crippen LogP contribution in [-0.2, 0) is 0 Å². The molecule has 6 nitrogen and oxygen atoms in total. The van der Waals surface area contributed by atoms with Crippen molar-refractivity contribution in [2.45, 2.75) is 13.0 Å². The molecule has 0 spiro atoms. The molecule has 0 aliphatic carbocycles. The largest absolute Gasteiger partial charge is 0.497 e. The summed E-state index contributed by atoms with van der Waals surface area (Å²) >= 11 is 0. The zero-order valence-corrected chi connectivity index (χ0v) is 13.8. The number of aromatic amines is 1. The second-order valence-corrected chi connectivity index (χ2v) is 5.42. The van der Waals surface area contributed by atoms with E-state index in [2.05, 4.69) is 15.5 Å². The molecule has 2 aromatic carbocycles. The highest BCUT2D eigenvalue weighted by molar-refractivity contribution is 6.04. The molecule has 0 saturated carbocycles. The zero-order valence-electron chi connectivity index (χ0n) is 13.8. The lowest BCUT2D eigenvalue weighted by molar-refractivity contribution is 0.0936. The number of nitrogens with zero attached hydrogens (tertiary/aromatic N) is 1. The summed E-state index contributed by atoms with van der Waals surface area (Å²) in [5, 5.41) is 10.7. The molecule has 1 heterocycles. The molecule has 0 aliphatic rings. The molecular formula is C18H19N3O3. The number of carbonyl (C=O) groups excluding carboxylic acids is 1. The predicted molar refractivity (Wildman–Crippen MR) is 91.5 cm³/mol. The smallest absolute Gasteiger partial charge is 0.272 e. The van der Waals surface area contributed by atoms with Gasteiger partial charge in [-0.2, -0.15) is 5.10 Å². The molecule has 0 aliphatic heterocycles. The van der Waals surface area contributed by atoms with Crippen LogP contribution in [-0.4, -0.2) is 30.3 Å². The van der Waals surface area contributed by atoms with E-state index in [9.17, 15) is 4.79 Å². The lowest BCUT2D eigenvalue weighted by atomic mass is 10.1. The minimum Gasteiger partial charge on any atom is -0.497 e. The minimum absolute atomic E-state index is 0.246. The van der Waals surface area contributed by atoms with Crippen molar-refractivity contribution in [3.63, 3.8) is 0 Å². The van der Waals surface area contributed by atoms with Gasteiger partial charge in [0.15, 0.2) is 5.69 Å². The van der Waals surface area contributed by atoms with Gasteiger partial charge in [0.05, 0.1) is 25.8 Å². The molecule has 0 fully saturated rings. The first-order chi connectivity index (χ1) is 11.6. The molecule has 0 saturated heterocycles. The fourth-order valence-electron chi connectivity index (χ4n) is 2.66. The predicted octanol–water partition coefficient (Wildman–Crippen LogP) is 3.07. The van der Waals surface area contributed by atoms with Gasteiger partial charge >= 0.3 is 0 Å². The highest BCUT2D eigenvalue weighted by Gasteiger charge is 2.19. The average Bonchev–Trinajstić information content (AvgIpc) is 3.05. The number of nitrogens with one attached hydrogen (secondary N) is 2. The molecule has 124 valence electrons. The molecule has 0 radical (unpaired) electrons. The van der Waals surface area contributed by atoms with Crippen molar-refractivity contribution in [3.05, 3.63) is 53.7 Å². The molecule has 3 rings (SSSR count).